The lowest BCUT2D eigenvalue weighted by atomic mass is 10.1. The van der Waals surface area contributed by atoms with Crippen molar-refractivity contribution in [1.82, 2.24) is 10.0 Å². The van der Waals surface area contributed by atoms with Gasteiger partial charge in [0, 0.05) is 19.3 Å². The van der Waals surface area contributed by atoms with Gasteiger partial charge in [-0.25, -0.2) is 10.0 Å². The molecule has 5 heteroatoms. The van der Waals surface area contributed by atoms with Crippen molar-refractivity contribution in [2.24, 2.45) is 0 Å². The fraction of sp³-hybridized carbons (Fsp3) is 0.600. The standard InChI is InChI=1S/C10H13N2O3/c13-8-4-5-10(15)12(7-8)11-6-2-1-3-9(11)14/h6H,1-5,7H2. The van der Waals surface area contributed by atoms with Crippen molar-refractivity contribution in [2.45, 2.75) is 32.1 Å². The summed E-state index contributed by atoms with van der Waals surface area (Å²) in [5, 5.41) is 2.59. The molecule has 2 aliphatic heterocycles. The van der Waals surface area contributed by atoms with Crippen molar-refractivity contribution in [3.05, 3.63) is 6.54 Å². The zero-order valence-corrected chi connectivity index (χ0v) is 8.44. The normalized spacial score (nSPS) is 23.6. The number of carbonyl (C=O) groups is 3. The molecule has 0 aromatic rings. The van der Waals surface area contributed by atoms with Crippen LogP contribution in [0.15, 0.2) is 0 Å². The van der Waals surface area contributed by atoms with Crippen molar-refractivity contribution in [3.63, 3.8) is 0 Å². The topological polar surface area (TPSA) is 57.7 Å². The SMILES string of the molecule is O=C1CCC(=O)N(N2[CH]CCCC2=O)C1. The lowest BCUT2D eigenvalue weighted by molar-refractivity contribution is -0.166. The first kappa shape index (κ1) is 10.1. The zero-order valence-electron chi connectivity index (χ0n) is 8.44. The quantitative estimate of drug-likeness (QED) is 0.622. The van der Waals surface area contributed by atoms with E-state index in [2.05, 4.69) is 0 Å². The minimum absolute atomic E-state index is 0.0152. The highest BCUT2D eigenvalue weighted by Crippen LogP contribution is 2.20. The van der Waals surface area contributed by atoms with E-state index < -0.39 is 0 Å². The number of hydrogen-bond acceptors (Lipinski definition) is 3. The molecule has 2 saturated heterocycles. The van der Waals surface area contributed by atoms with Crippen LogP contribution in [0.25, 0.3) is 0 Å². The van der Waals surface area contributed by atoms with E-state index in [1.165, 1.54) is 10.0 Å². The van der Waals surface area contributed by atoms with Crippen molar-refractivity contribution in [2.75, 3.05) is 6.54 Å². The third kappa shape index (κ3) is 2.00. The Kier molecular flexibility index (Phi) is 2.70. The average Bonchev–Trinajstić information content (AvgIpc) is 2.23. The molecule has 1 radical (unpaired) electrons. The van der Waals surface area contributed by atoms with Gasteiger partial charge in [-0.2, -0.15) is 0 Å². The number of ketones is 1. The smallest absolute Gasteiger partial charge is 0.242 e. The molecule has 0 N–H and O–H groups in total. The van der Waals surface area contributed by atoms with E-state index in [0.717, 1.165) is 12.8 Å². The van der Waals surface area contributed by atoms with Gasteiger partial charge in [0.15, 0.2) is 5.78 Å². The molecule has 0 bridgehead atoms. The molecule has 2 rings (SSSR count). The fourth-order valence-electron chi connectivity index (χ4n) is 1.82. The van der Waals surface area contributed by atoms with Gasteiger partial charge in [-0.05, 0) is 12.8 Å². The second-order valence-electron chi connectivity index (χ2n) is 3.80. The Labute approximate surface area is 88.0 Å². The molecule has 0 unspecified atom stereocenters. The maximum atomic E-state index is 11.5. The molecule has 0 aliphatic carbocycles. The van der Waals surface area contributed by atoms with Gasteiger partial charge in [0.2, 0.25) is 11.8 Å². The summed E-state index contributed by atoms with van der Waals surface area (Å²) in [7, 11) is 0. The van der Waals surface area contributed by atoms with E-state index in [1.807, 2.05) is 0 Å². The number of piperidine rings is 2. The van der Waals surface area contributed by atoms with Gasteiger partial charge in [0.1, 0.15) is 6.54 Å². The lowest BCUT2D eigenvalue weighted by Gasteiger charge is -2.38. The van der Waals surface area contributed by atoms with Crippen molar-refractivity contribution in [3.8, 4) is 0 Å². The number of amides is 2. The first-order chi connectivity index (χ1) is 7.18. The Bertz CT molecular complexity index is 314. The summed E-state index contributed by atoms with van der Waals surface area (Å²) in [6.45, 7) is 1.74. The summed E-state index contributed by atoms with van der Waals surface area (Å²) in [6.07, 6.45) is 2.58. The first-order valence-electron chi connectivity index (χ1n) is 5.16. The summed E-state index contributed by atoms with van der Waals surface area (Å²) in [5.41, 5.74) is 0. The molecule has 15 heavy (non-hydrogen) atoms. The van der Waals surface area contributed by atoms with E-state index in [0.29, 0.717) is 12.8 Å². The average molecular weight is 209 g/mol. The Hall–Kier alpha value is -1.39. The predicted octanol–water partition coefficient (Wildman–Crippen LogP) is 0.267. The van der Waals surface area contributed by atoms with Crippen LogP contribution >= 0.6 is 0 Å². The van der Waals surface area contributed by atoms with Crippen LogP contribution in [-0.4, -0.2) is 34.2 Å². The molecule has 0 aromatic heterocycles. The second kappa shape index (κ2) is 4.00. The van der Waals surface area contributed by atoms with E-state index in [-0.39, 0.29) is 30.6 Å². The molecule has 0 atom stereocenters. The molecule has 2 aliphatic rings. The number of hydrogen-bond donors (Lipinski definition) is 0. The van der Waals surface area contributed by atoms with Gasteiger partial charge in [0.25, 0.3) is 0 Å². The van der Waals surface area contributed by atoms with Crippen LogP contribution in [0.5, 0.6) is 0 Å². The first-order valence-corrected chi connectivity index (χ1v) is 5.16. The molecule has 0 spiro atoms. The molecule has 2 amide bonds. The monoisotopic (exact) mass is 209 g/mol. The number of Topliss-reactive ketones (excluding diaryl/α,β-unsaturated/α-hetero) is 1. The lowest BCUT2D eigenvalue weighted by Crippen LogP contribution is -2.53. The van der Waals surface area contributed by atoms with Crippen molar-refractivity contribution >= 4 is 17.6 Å². The third-order valence-electron chi connectivity index (χ3n) is 2.64. The van der Waals surface area contributed by atoms with Gasteiger partial charge in [-0.15, -0.1) is 0 Å². The fourth-order valence-corrected chi connectivity index (χ4v) is 1.82. The third-order valence-corrected chi connectivity index (χ3v) is 2.64. The predicted molar refractivity (Wildman–Crippen MR) is 51.0 cm³/mol. The summed E-state index contributed by atoms with van der Waals surface area (Å²) >= 11 is 0. The highest BCUT2D eigenvalue weighted by molar-refractivity contribution is 5.94. The number of hydrazine groups is 1. The van der Waals surface area contributed by atoms with Crippen LogP contribution in [0, 0.1) is 6.54 Å². The van der Waals surface area contributed by atoms with Gasteiger partial charge in [-0.3, -0.25) is 14.4 Å². The van der Waals surface area contributed by atoms with Crippen LogP contribution in [0.1, 0.15) is 32.1 Å². The van der Waals surface area contributed by atoms with E-state index in [1.54, 1.807) is 6.54 Å². The molecule has 81 valence electrons. The van der Waals surface area contributed by atoms with E-state index in [9.17, 15) is 14.4 Å². The van der Waals surface area contributed by atoms with Crippen LogP contribution < -0.4 is 0 Å². The molecule has 0 saturated carbocycles. The largest absolute Gasteiger partial charge is 0.298 e. The number of rotatable bonds is 1. The van der Waals surface area contributed by atoms with Crippen LogP contribution in [0.2, 0.25) is 0 Å². The van der Waals surface area contributed by atoms with E-state index in [4.69, 9.17) is 0 Å². The summed E-state index contributed by atoms with van der Waals surface area (Å²) in [5.74, 6) is -0.216. The number of carbonyl (C=O) groups excluding carboxylic acids is 3. The van der Waals surface area contributed by atoms with Gasteiger partial charge in [-0.1, -0.05) is 0 Å². The number of nitrogens with zero attached hydrogens (tertiary/aromatic N) is 2. The molecular formula is C10H13N2O3. The molecular weight excluding hydrogens is 196 g/mol. The van der Waals surface area contributed by atoms with Crippen LogP contribution in [-0.2, 0) is 14.4 Å². The summed E-state index contributed by atoms with van der Waals surface area (Å²) in [4.78, 5) is 34.3. The Morgan fingerprint density at radius 2 is 1.80 bits per heavy atom. The molecule has 2 fully saturated rings. The van der Waals surface area contributed by atoms with Crippen LogP contribution in [0.3, 0.4) is 0 Å². The highest BCUT2D eigenvalue weighted by Gasteiger charge is 2.32. The van der Waals surface area contributed by atoms with Gasteiger partial charge >= 0.3 is 0 Å². The molecule has 2 heterocycles. The Morgan fingerprint density at radius 1 is 1.00 bits per heavy atom. The van der Waals surface area contributed by atoms with E-state index >= 15 is 0 Å². The van der Waals surface area contributed by atoms with Crippen molar-refractivity contribution < 1.29 is 14.4 Å². The summed E-state index contributed by atoms with van der Waals surface area (Å²) in [6, 6.07) is 0. The van der Waals surface area contributed by atoms with Crippen molar-refractivity contribution in [1.29, 1.82) is 0 Å². The zero-order chi connectivity index (χ0) is 10.8. The minimum atomic E-state index is -0.138. The second-order valence-corrected chi connectivity index (χ2v) is 3.80. The Balaban J connectivity index is 2.09. The minimum Gasteiger partial charge on any atom is -0.298 e. The highest BCUT2D eigenvalue weighted by atomic mass is 16.2. The van der Waals surface area contributed by atoms with Gasteiger partial charge < -0.3 is 0 Å². The maximum Gasteiger partial charge on any atom is 0.242 e. The van der Waals surface area contributed by atoms with Crippen LogP contribution in [0.4, 0.5) is 0 Å². The maximum absolute atomic E-state index is 11.5. The Morgan fingerprint density at radius 3 is 2.53 bits per heavy atom. The molecule has 5 nitrogen and oxygen atoms in total. The summed E-state index contributed by atoms with van der Waals surface area (Å²) < 4.78 is 0. The molecule has 0 aromatic carbocycles. The van der Waals surface area contributed by atoms with Gasteiger partial charge in [0.05, 0.1) is 6.54 Å².